The molecule has 0 radical (unpaired) electrons. The highest BCUT2D eigenvalue weighted by molar-refractivity contribution is 5.86. The van der Waals surface area contributed by atoms with Gasteiger partial charge in [0.15, 0.2) is 0 Å². The zero-order valence-corrected chi connectivity index (χ0v) is 8.65. The van der Waals surface area contributed by atoms with E-state index in [-0.39, 0.29) is 23.2 Å². The Hall–Kier alpha value is -1.13. The van der Waals surface area contributed by atoms with Crippen molar-refractivity contribution in [1.29, 1.82) is 0 Å². The SMILES string of the molecule is CC(C)(C)C(=O)[C@H]1C[C@@H](O[N+](=O)[O-])C1. The van der Waals surface area contributed by atoms with Crippen LogP contribution in [0, 0.1) is 21.4 Å². The predicted molar refractivity (Wildman–Crippen MR) is 49.1 cm³/mol. The number of hydrogen-bond donors (Lipinski definition) is 0. The van der Waals surface area contributed by atoms with Crippen molar-refractivity contribution in [1.82, 2.24) is 0 Å². The molecule has 1 aliphatic rings. The van der Waals surface area contributed by atoms with E-state index in [0.717, 1.165) is 0 Å². The molecule has 0 N–H and O–H groups in total. The Morgan fingerprint density at radius 2 is 1.93 bits per heavy atom. The molecule has 0 aromatic rings. The lowest BCUT2D eigenvalue weighted by Crippen LogP contribution is -2.41. The van der Waals surface area contributed by atoms with Gasteiger partial charge in [-0.25, -0.2) is 0 Å². The first-order valence-electron chi connectivity index (χ1n) is 4.66. The third-order valence-electron chi connectivity index (χ3n) is 2.44. The number of nitrogens with zero attached hydrogens (tertiary/aromatic N) is 1. The van der Waals surface area contributed by atoms with Gasteiger partial charge in [0, 0.05) is 11.3 Å². The van der Waals surface area contributed by atoms with Crippen LogP contribution < -0.4 is 0 Å². The van der Waals surface area contributed by atoms with Crippen LogP contribution in [0.5, 0.6) is 0 Å². The summed E-state index contributed by atoms with van der Waals surface area (Å²) in [7, 11) is 0. The van der Waals surface area contributed by atoms with Crippen LogP contribution in [0.25, 0.3) is 0 Å². The van der Waals surface area contributed by atoms with E-state index in [1.807, 2.05) is 20.8 Å². The summed E-state index contributed by atoms with van der Waals surface area (Å²) >= 11 is 0. The maximum Gasteiger partial charge on any atom is 0.294 e. The molecular weight excluding hydrogens is 186 g/mol. The van der Waals surface area contributed by atoms with Crippen molar-refractivity contribution >= 4 is 5.78 Å². The average molecular weight is 201 g/mol. The van der Waals surface area contributed by atoms with Gasteiger partial charge in [-0.3, -0.25) is 4.79 Å². The maximum atomic E-state index is 11.7. The van der Waals surface area contributed by atoms with E-state index in [4.69, 9.17) is 0 Å². The molecule has 80 valence electrons. The first-order chi connectivity index (χ1) is 6.30. The van der Waals surface area contributed by atoms with Crippen molar-refractivity contribution in [2.45, 2.75) is 39.7 Å². The molecule has 5 heteroatoms. The van der Waals surface area contributed by atoms with Crippen LogP contribution in [0.1, 0.15) is 33.6 Å². The maximum absolute atomic E-state index is 11.7. The van der Waals surface area contributed by atoms with Crippen molar-refractivity contribution in [3.8, 4) is 0 Å². The summed E-state index contributed by atoms with van der Waals surface area (Å²) in [6.45, 7) is 5.57. The topological polar surface area (TPSA) is 69.4 Å². The third-order valence-corrected chi connectivity index (χ3v) is 2.44. The van der Waals surface area contributed by atoms with Crippen LogP contribution in [0.15, 0.2) is 0 Å². The molecule has 1 aliphatic carbocycles. The van der Waals surface area contributed by atoms with Gasteiger partial charge >= 0.3 is 0 Å². The molecule has 14 heavy (non-hydrogen) atoms. The third kappa shape index (κ3) is 2.43. The second kappa shape index (κ2) is 3.55. The highest BCUT2D eigenvalue weighted by atomic mass is 17.0. The molecule has 0 heterocycles. The van der Waals surface area contributed by atoms with Crippen LogP contribution >= 0.6 is 0 Å². The molecule has 1 fully saturated rings. The largest absolute Gasteiger partial charge is 0.311 e. The van der Waals surface area contributed by atoms with Crippen LogP contribution in [0.2, 0.25) is 0 Å². The zero-order valence-electron chi connectivity index (χ0n) is 8.65. The minimum Gasteiger partial charge on any atom is -0.311 e. The van der Waals surface area contributed by atoms with Gasteiger partial charge in [0.1, 0.15) is 11.9 Å². The van der Waals surface area contributed by atoms with Gasteiger partial charge in [0.25, 0.3) is 5.09 Å². The summed E-state index contributed by atoms with van der Waals surface area (Å²) in [6.07, 6.45) is 0.593. The predicted octanol–water partition coefficient (Wildman–Crippen LogP) is 1.59. The molecule has 0 saturated heterocycles. The Morgan fingerprint density at radius 3 is 2.29 bits per heavy atom. The molecule has 0 atom stereocenters. The van der Waals surface area contributed by atoms with Crippen LogP contribution in [0.3, 0.4) is 0 Å². The van der Waals surface area contributed by atoms with E-state index >= 15 is 0 Å². The molecule has 1 rings (SSSR count). The fourth-order valence-electron chi connectivity index (χ4n) is 1.60. The first-order valence-corrected chi connectivity index (χ1v) is 4.66. The molecule has 1 saturated carbocycles. The molecule has 0 aliphatic heterocycles. The van der Waals surface area contributed by atoms with Gasteiger partial charge < -0.3 is 4.84 Å². The van der Waals surface area contributed by atoms with Gasteiger partial charge in [-0.05, 0) is 12.8 Å². The fraction of sp³-hybridized carbons (Fsp3) is 0.889. The van der Waals surface area contributed by atoms with E-state index < -0.39 is 5.09 Å². The molecule has 5 nitrogen and oxygen atoms in total. The molecular formula is C9H15NO4. The van der Waals surface area contributed by atoms with Crippen LogP contribution in [0.4, 0.5) is 0 Å². The average Bonchev–Trinajstić information content (AvgIpc) is 1.92. The summed E-state index contributed by atoms with van der Waals surface area (Å²) in [5.41, 5.74) is -0.357. The summed E-state index contributed by atoms with van der Waals surface area (Å²) in [5.74, 6) is 0.112. The van der Waals surface area contributed by atoms with E-state index in [1.54, 1.807) is 0 Å². The number of rotatable bonds is 3. The van der Waals surface area contributed by atoms with Crippen molar-refractivity contribution in [2.75, 3.05) is 0 Å². The lowest BCUT2D eigenvalue weighted by atomic mass is 9.71. The van der Waals surface area contributed by atoms with Gasteiger partial charge in [-0.1, -0.05) is 20.8 Å². The fourth-order valence-corrected chi connectivity index (χ4v) is 1.60. The van der Waals surface area contributed by atoms with E-state index in [0.29, 0.717) is 12.8 Å². The number of carbonyl (C=O) groups is 1. The van der Waals surface area contributed by atoms with E-state index in [2.05, 4.69) is 4.84 Å². The Balaban J connectivity index is 2.35. The second-order valence-electron chi connectivity index (χ2n) is 4.73. The molecule has 0 bridgehead atoms. The molecule has 0 spiro atoms. The van der Waals surface area contributed by atoms with Gasteiger partial charge in [0.05, 0.1) is 0 Å². The summed E-state index contributed by atoms with van der Waals surface area (Å²) in [5, 5.41) is 9.19. The smallest absolute Gasteiger partial charge is 0.294 e. The number of hydrogen-bond acceptors (Lipinski definition) is 4. The second-order valence-corrected chi connectivity index (χ2v) is 4.73. The molecule has 0 aromatic carbocycles. The zero-order chi connectivity index (χ0) is 10.9. The van der Waals surface area contributed by atoms with Crippen molar-refractivity contribution in [3.63, 3.8) is 0 Å². The Labute approximate surface area is 82.5 Å². The lowest BCUT2D eigenvalue weighted by Gasteiger charge is -2.35. The van der Waals surface area contributed by atoms with E-state index in [1.165, 1.54) is 0 Å². The number of Topliss-reactive ketones (excluding diaryl/α,β-unsaturated/α-hetero) is 1. The van der Waals surface area contributed by atoms with E-state index in [9.17, 15) is 14.9 Å². The monoisotopic (exact) mass is 201 g/mol. The summed E-state index contributed by atoms with van der Waals surface area (Å²) in [4.78, 5) is 26.0. The quantitative estimate of drug-likeness (QED) is 0.513. The molecule has 0 unspecified atom stereocenters. The van der Waals surface area contributed by atoms with Crippen LogP contribution in [-0.2, 0) is 9.63 Å². The Bertz CT molecular complexity index is 250. The van der Waals surface area contributed by atoms with Crippen molar-refractivity contribution in [2.24, 2.45) is 11.3 Å². The highest BCUT2D eigenvalue weighted by Crippen LogP contribution is 2.35. The number of carbonyl (C=O) groups excluding carboxylic acids is 1. The standard InChI is InChI=1S/C9H15NO4/c1-9(2,3)8(11)6-4-7(5-6)14-10(12)13/h6-7H,4-5H2,1-3H3/t6-,7+. The summed E-state index contributed by atoms with van der Waals surface area (Å²) in [6, 6.07) is 0. The van der Waals surface area contributed by atoms with Gasteiger partial charge in [-0.2, -0.15) is 0 Å². The van der Waals surface area contributed by atoms with Gasteiger partial charge in [-0.15, -0.1) is 10.1 Å². The normalized spacial score (nSPS) is 26.5. The highest BCUT2D eigenvalue weighted by Gasteiger charge is 2.40. The Kier molecular flexibility index (Phi) is 2.78. The van der Waals surface area contributed by atoms with Crippen molar-refractivity contribution < 1.29 is 14.7 Å². The van der Waals surface area contributed by atoms with Crippen molar-refractivity contribution in [3.05, 3.63) is 10.1 Å². The van der Waals surface area contributed by atoms with Crippen LogP contribution in [-0.4, -0.2) is 17.0 Å². The minimum absolute atomic E-state index is 0.0556. The molecule has 0 aromatic heterocycles. The summed E-state index contributed by atoms with van der Waals surface area (Å²) < 4.78 is 0. The molecule has 0 amide bonds. The van der Waals surface area contributed by atoms with Gasteiger partial charge in [0.2, 0.25) is 0 Å². The minimum atomic E-state index is -0.789. The Morgan fingerprint density at radius 1 is 1.43 bits per heavy atom. The lowest BCUT2D eigenvalue weighted by molar-refractivity contribution is -0.772. The number of ketones is 1. The first kappa shape index (κ1) is 10.9.